The van der Waals surface area contributed by atoms with Crippen molar-refractivity contribution >= 4 is 34.5 Å². The number of carbonyl (C=O) groups is 1. The van der Waals surface area contributed by atoms with Gasteiger partial charge >= 0.3 is 5.97 Å². The average molecular weight is 425 g/mol. The van der Waals surface area contributed by atoms with Gasteiger partial charge in [0.2, 0.25) is 0 Å². The Bertz CT molecular complexity index is 804. The minimum Gasteiger partial charge on any atom is -0.481 e. The maximum absolute atomic E-state index is 14.9. The van der Waals surface area contributed by atoms with E-state index in [4.69, 9.17) is 27.8 Å². The molecule has 3 rings (SSSR count). The summed E-state index contributed by atoms with van der Waals surface area (Å²) in [5.41, 5.74) is 6.80. The van der Waals surface area contributed by atoms with Crippen molar-refractivity contribution in [3.63, 3.8) is 0 Å². The van der Waals surface area contributed by atoms with Crippen LogP contribution in [0, 0.1) is 17.6 Å². The summed E-state index contributed by atoms with van der Waals surface area (Å²) in [5, 5.41) is 9.08. The normalized spacial score (nSPS) is 18.8. The average Bonchev–Trinajstić information content (AvgIpc) is 2.58. The van der Waals surface area contributed by atoms with E-state index in [1.54, 1.807) is 11.8 Å². The summed E-state index contributed by atoms with van der Waals surface area (Å²) in [5.74, 6) is -2.20. The van der Waals surface area contributed by atoms with E-state index in [1.807, 2.05) is 0 Å². The number of piperidine rings is 1. The number of aliphatic carboxylic acids is 1. The van der Waals surface area contributed by atoms with E-state index in [2.05, 4.69) is 0 Å². The molecule has 1 saturated carbocycles. The highest BCUT2D eigenvalue weighted by molar-refractivity contribution is 7.81. The number of carboxylic acids is 1. The first-order chi connectivity index (χ1) is 13.8. The number of halogens is 2. The summed E-state index contributed by atoms with van der Waals surface area (Å²) >= 11 is 5.34. The molecule has 3 N–H and O–H groups in total. The van der Waals surface area contributed by atoms with Crippen LogP contribution in [0.4, 0.5) is 14.5 Å². The standard InChI is InChI=1S/C21H26F2N2O3S/c1-12(24)19(21(29)28-15-3-2-4-15)14-10-16(22)20(17(23)11-14)25-7-5-13(6-8-25)9-18(26)27/h10-11,13,15H,2-9,24H2,1H3,(H,26,27). The fraction of sp³-hybridized carbons (Fsp3) is 0.524. The molecule has 1 aliphatic heterocycles. The summed E-state index contributed by atoms with van der Waals surface area (Å²) in [4.78, 5) is 12.5. The first kappa shape index (κ1) is 21.5. The first-order valence-corrected chi connectivity index (χ1v) is 10.3. The van der Waals surface area contributed by atoms with Gasteiger partial charge in [0.25, 0.3) is 0 Å². The van der Waals surface area contributed by atoms with Gasteiger partial charge in [-0.2, -0.15) is 0 Å². The molecule has 29 heavy (non-hydrogen) atoms. The molecular formula is C21H26F2N2O3S. The van der Waals surface area contributed by atoms with Crippen LogP contribution >= 0.6 is 12.2 Å². The van der Waals surface area contributed by atoms with Gasteiger partial charge in [0.1, 0.15) is 17.3 Å². The third-order valence-corrected chi connectivity index (χ3v) is 5.92. The predicted octanol–water partition coefficient (Wildman–Crippen LogP) is 4.24. The molecule has 0 radical (unpaired) electrons. The Morgan fingerprint density at radius 2 is 1.83 bits per heavy atom. The van der Waals surface area contributed by atoms with E-state index in [0.717, 1.165) is 19.3 Å². The molecule has 2 fully saturated rings. The first-order valence-electron chi connectivity index (χ1n) is 9.89. The number of nitrogens with two attached hydrogens (primary N) is 1. The molecule has 0 unspecified atom stereocenters. The van der Waals surface area contributed by atoms with Crippen LogP contribution in [0.2, 0.25) is 0 Å². The van der Waals surface area contributed by atoms with Crippen LogP contribution in [-0.4, -0.2) is 35.3 Å². The maximum atomic E-state index is 14.9. The molecule has 5 nitrogen and oxygen atoms in total. The van der Waals surface area contributed by atoms with Gasteiger partial charge in [0.15, 0.2) is 5.05 Å². The number of thiocarbonyl (C=S) groups is 1. The molecule has 0 bridgehead atoms. The van der Waals surface area contributed by atoms with E-state index in [0.29, 0.717) is 37.2 Å². The second-order valence-electron chi connectivity index (χ2n) is 7.83. The van der Waals surface area contributed by atoms with Gasteiger partial charge in [-0.25, -0.2) is 8.78 Å². The molecule has 0 atom stereocenters. The number of hydrogen-bond donors (Lipinski definition) is 2. The van der Waals surface area contributed by atoms with Crippen molar-refractivity contribution in [3.8, 4) is 0 Å². The van der Waals surface area contributed by atoms with Gasteiger partial charge < -0.3 is 20.5 Å². The Balaban J connectivity index is 1.79. The van der Waals surface area contributed by atoms with Crippen LogP contribution in [0.25, 0.3) is 5.57 Å². The van der Waals surface area contributed by atoms with Gasteiger partial charge in [-0.3, -0.25) is 4.79 Å². The van der Waals surface area contributed by atoms with Crippen LogP contribution in [-0.2, 0) is 9.53 Å². The molecule has 158 valence electrons. The van der Waals surface area contributed by atoms with Gasteiger partial charge in [0, 0.05) is 25.2 Å². The second kappa shape index (κ2) is 9.07. The Kier molecular flexibility index (Phi) is 6.72. The summed E-state index contributed by atoms with van der Waals surface area (Å²) in [6, 6.07) is 2.48. The molecule has 0 spiro atoms. The van der Waals surface area contributed by atoms with Crippen LogP contribution in [0.3, 0.4) is 0 Å². The predicted molar refractivity (Wildman–Crippen MR) is 112 cm³/mol. The number of anilines is 1. The minimum atomic E-state index is -0.846. The SMILES string of the molecule is CC(N)=C(C(=S)OC1CCC1)c1cc(F)c(N2CCC(CC(=O)O)CC2)c(F)c1. The Morgan fingerprint density at radius 1 is 1.24 bits per heavy atom. The zero-order chi connectivity index (χ0) is 21.1. The number of benzene rings is 1. The van der Waals surface area contributed by atoms with Crippen LogP contribution < -0.4 is 10.6 Å². The molecule has 1 aromatic carbocycles. The van der Waals surface area contributed by atoms with E-state index in [9.17, 15) is 13.6 Å². The fourth-order valence-corrected chi connectivity index (χ4v) is 4.24. The van der Waals surface area contributed by atoms with E-state index >= 15 is 0 Å². The zero-order valence-electron chi connectivity index (χ0n) is 16.4. The highest BCUT2D eigenvalue weighted by atomic mass is 32.1. The molecule has 1 saturated heterocycles. The summed E-state index contributed by atoms with van der Waals surface area (Å²) in [6.45, 7) is 2.45. The molecule has 0 aromatic heterocycles. The van der Waals surface area contributed by atoms with Crippen molar-refractivity contribution in [2.45, 2.75) is 51.6 Å². The molecule has 1 aliphatic carbocycles. The second-order valence-corrected chi connectivity index (χ2v) is 8.20. The fourth-order valence-electron chi connectivity index (χ4n) is 3.83. The van der Waals surface area contributed by atoms with Gasteiger partial charge in [-0.15, -0.1) is 0 Å². The number of nitrogens with zero attached hydrogens (tertiary/aromatic N) is 1. The highest BCUT2D eigenvalue weighted by Crippen LogP contribution is 2.33. The smallest absolute Gasteiger partial charge is 0.303 e. The minimum absolute atomic E-state index is 0.0320. The molecule has 1 heterocycles. The monoisotopic (exact) mass is 424 g/mol. The lowest BCUT2D eigenvalue weighted by molar-refractivity contribution is -0.138. The quantitative estimate of drug-likeness (QED) is 0.525. The maximum Gasteiger partial charge on any atom is 0.303 e. The lowest BCUT2D eigenvalue weighted by Gasteiger charge is -2.33. The van der Waals surface area contributed by atoms with Gasteiger partial charge in [-0.1, -0.05) is 0 Å². The Hall–Kier alpha value is -2.22. The lowest BCUT2D eigenvalue weighted by Crippen LogP contribution is -2.35. The molecule has 1 aromatic rings. The molecular weight excluding hydrogens is 398 g/mol. The van der Waals surface area contributed by atoms with E-state index in [1.165, 1.54) is 12.1 Å². The zero-order valence-corrected chi connectivity index (χ0v) is 17.2. The van der Waals surface area contributed by atoms with Crippen molar-refractivity contribution in [3.05, 3.63) is 35.0 Å². The van der Waals surface area contributed by atoms with Gasteiger partial charge in [-0.05, 0) is 74.9 Å². The van der Waals surface area contributed by atoms with Crippen molar-refractivity contribution in [1.82, 2.24) is 0 Å². The third kappa shape index (κ3) is 5.04. The van der Waals surface area contributed by atoms with Crippen LogP contribution in [0.1, 0.15) is 51.0 Å². The van der Waals surface area contributed by atoms with Crippen molar-refractivity contribution in [2.24, 2.45) is 11.7 Å². The van der Waals surface area contributed by atoms with E-state index < -0.39 is 17.6 Å². The lowest BCUT2D eigenvalue weighted by atomic mass is 9.93. The number of ether oxygens (including phenoxy) is 1. The van der Waals surface area contributed by atoms with Crippen LogP contribution in [0.15, 0.2) is 17.8 Å². The third-order valence-electron chi connectivity index (χ3n) is 5.62. The summed E-state index contributed by atoms with van der Waals surface area (Å²) in [6.07, 6.45) is 4.19. The molecule has 0 amide bonds. The van der Waals surface area contributed by atoms with Crippen molar-refractivity contribution in [1.29, 1.82) is 0 Å². The summed E-state index contributed by atoms with van der Waals surface area (Å²) < 4.78 is 35.5. The Labute approximate surface area is 174 Å². The largest absolute Gasteiger partial charge is 0.481 e. The summed E-state index contributed by atoms with van der Waals surface area (Å²) in [7, 11) is 0. The molecule has 8 heteroatoms. The molecule has 2 aliphatic rings. The topological polar surface area (TPSA) is 75.8 Å². The number of rotatable bonds is 6. The van der Waals surface area contributed by atoms with Gasteiger partial charge in [0.05, 0.1) is 11.7 Å². The number of carboxylic acid groups (broad SMARTS) is 1. The van der Waals surface area contributed by atoms with Crippen molar-refractivity contribution < 1.29 is 23.4 Å². The highest BCUT2D eigenvalue weighted by Gasteiger charge is 2.27. The van der Waals surface area contributed by atoms with Crippen LogP contribution in [0.5, 0.6) is 0 Å². The Morgan fingerprint density at radius 3 is 2.28 bits per heavy atom. The van der Waals surface area contributed by atoms with Crippen molar-refractivity contribution in [2.75, 3.05) is 18.0 Å². The number of allylic oxidation sites excluding steroid dienone is 1. The number of hydrogen-bond acceptors (Lipinski definition) is 5. The van der Waals surface area contributed by atoms with E-state index in [-0.39, 0.29) is 34.7 Å².